The zero-order chi connectivity index (χ0) is 15.5. The molecule has 1 N–H and O–H groups in total. The summed E-state index contributed by atoms with van der Waals surface area (Å²) in [7, 11) is 0. The molecule has 0 saturated carbocycles. The average molecular weight is 396 g/mol. The number of nitrogens with zero attached hydrogens (tertiary/aromatic N) is 1. The lowest BCUT2D eigenvalue weighted by Gasteiger charge is -2.18. The Morgan fingerprint density at radius 1 is 1.19 bits per heavy atom. The summed E-state index contributed by atoms with van der Waals surface area (Å²) < 4.78 is 6.09. The summed E-state index contributed by atoms with van der Waals surface area (Å²) in [6.07, 6.45) is 1.48. The highest BCUT2D eigenvalue weighted by molar-refractivity contribution is 14.1. The van der Waals surface area contributed by atoms with Crippen molar-refractivity contribution in [1.29, 1.82) is 0 Å². The van der Waals surface area contributed by atoms with E-state index in [1.165, 1.54) is 11.8 Å². The standard InChI is InChI=1S/C16H17IN2O2/c1-16(2,3)12-6-4-11(5-7-12)15(20)19-18-10-13-8-9-14(17)21-13/h4-10H,1-3H3,(H,19,20)/b18-10-. The van der Waals surface area contributed by atoms with E-state index in [0.717, 1.165) is 3.77 Å². The van der Waals surface area contributed by atoms with E-state index in [9.17, 15) is 4.79 Å². The largest absolute Gasteiger partial charge is 0.449 e. The third kappa shape index (κ3) is 4.42. The molecule has 0 aliphatic carbocycles. The Labute approximate surface area is 137 Å². The minimum Gasteiger partial charge on any atom is -0.449 e. The Morgan fingerprint density at radius 3 is 2.38 bits per heavy atom. The van der Waals surface area contributed by atoms with E-state index >= 15 is 0 Å². The molecule has 0 fully saturated rings. The minimum atomic E-state index is -0.243. The van der Waals surface area contributed by atoms with Crippen molar-refractivity contribution < 1.29 is 9.21 Å². The number of carbonyl (C=O) groups is 1. The van der Waals surface area contributed by atoms with E-state index < -0.39 is 0 Å². The molecule has 0 bridgehead atoms. The number of hydrazone groups is 1. The van der Waals surface area contributed by atoms with Crippen LogP contribution in [0.25, 0.3) is 0 Å². The maximum Gasteiger partial charge on any atom is 0.271 e. The molecule has 0 atom stereocenters. The first-order chi connectivity index (χ1) is 9.86. The summed E-state index contributed by atoms with van der Waals surface area (Å²) in [5.41, 5.74) is 4.32. The first-order valence-corrected chi connectivity index (χ1v) is 7.63. The van der Waals surface area contributed by atoms with Crippen LogP contribution >= 0.6 is 22.6 Å². The van der Waals surface area contributed by atoms with Crippen LogP contribution in [-0.2, 0) is 5.41 Å². The van der Waals surface area contributed by atoms with Gasteiger partial charge in [0.2, 0.25) is 0 Å². The number of hydrogen-bond acceptors (Lipinski definition) is 3. The molecule has 0 spiro atoms. The Balaban J connectivity index is 1.99. The molecule has 2 aromatic rings. The zero-order valence-electron chi connectivity index (χ0n) is 12.2. The predicted molar refractivity (Wildman–Crippen MR) is 91.6 cm³/mol. The Bertz CT molecular complexity index is 652. The minimum absolute atomic E-state index is 0.0730. The summed E-state index contributed by atoms with van der Waals surface area (Å²) in [4.78, 5) is 11.9. The zero-order valence-corrected chi connectivity index (χ0v) is 14.3. The first-order valence-electron chi connectivity index (χ1n) is 6.55. The SMILES string of the molecule is CC(C)(C)c1ccc(C(=O)N/N=C\c2ccc(I)o2)cc1. The number of hydrogen-bond donors (Lipinski definition) is 1. The monoisotopic (exact) mass is 396 g/mol. The van der Waals surface area contributed by atoms with E-state index in [1.54, 1.807) is 18.2 Å². The predicted octanol–water partition coefficient (Wildman–Crippen LogP) is 3.95. The number of furan rings is 1. The summed E-state index contributed by atoms with van der Waals surface area (Å²) in [6.45, 7) is 6.41. The number of nitrogens with one attached hydrogen (secondary N) is 1. The van der Waals surface area contributed by atoms with Crippen LogP contribution in [0.4, 0.5) is 0 Å². The van der Waals surface area contributed by atoms with Crippen molar-refractivity contribution in [2.24, 2.45) is 5.10 Å². The molecule has 1 amide bonds. The molecule has 1 heterocycles. The number of benzene rings is 1. The van der Waals surface area contributed by atoms with Gasteiger partial charge in [0.1, 0.15) is 5.76 Å². The third-order valence-electron chi connectivity index (χ3n) is 2.96. The highest BCUT2D eigenvalue weighted by Crippen LogP contribution is 2.22. The fourth-order valence-electron chi connectivity index (χ4n) is 1.74. The van der Waals surface area contributed by atoms with Gasteiger partial charge in [-0.2, -0.15) is 5.10 Å². The maximum atomic E-state index is 11.9. The topological polar surface area (TPSA) is 54.6 Å². The van der Waals surface area contributed by atoms with Crippen molar-refractivity contribution in [2.75, 3.05) is 0 Å². The molecule has 5 heteroatoms. The van der Waals surface area contributed by atoms with Crippen LogP contribution < -0.4 is 5.43 Å². The van der Waals surface area contributed by atoms with Gasteiger partial charge in [0.15, 0.2) is 3.77 Å². The Hall–Kier alpha value is -1.63. The number of rotatable bonds is 3. The second-order valence-electron chi connectivity index (χ2n) is 5.67. The highest BCUT2D eigenvalue weighted by Gasteiger charge is 2.14. The summed E-state index contributed by atoms with van der Waals surface area (Å²) in [6, 6.07) is 11.2. The lowest BCUT2D eigenvalue weighted by molar-refractivity contribution is 0.0955. The second kappa shape index (κ2) is 6.43. The maximum absolute atomic E-state index is 11.9. The Kier molecular flexibility index (Phi) is 4.82. The average Bonchev–Trinajstić information content (AvgIpc) is 2.83. The van der Waals surface area contributed by atoms with Crippen LogP contribution in [0.2, 0.25) is 0 Å². The number of carbonyl (C=O) groups excluding carboxylic acids is 1. The molecule has 21 heavy (non-hydrogen) atoms. The third-order valence-corrected chi connectivity index (χ3v) is 3.54. The molecule has 0 unspecified atom stereocenters. The molecule has 110 valence electrons. The first kappa shape index (κ1) is 15.8. The van der Waals surface area contributed by atoms with Gasteiger partial charge in [-0.3, -0.25) is 4.79 Å². The van der Waals surface area contributed by atoms with Crippen LogP contribution in [0, 0.1) is 3.77 Å². The van der Waals surface area contributed by atoms with Gasteiger partial charge in [0.05, 0.1) is 6.21 Å². The van der Waals surface area contributed by atoms with Crippen molar-refractivity contribution >= 4 is 34.7 Å². The van der Waals surface area contributed by atoms with Gasteiger partial charge in [0, 0.05) is 5.56 Å². The molecule has 4 nitrogen and oxygen atoms in total. The number of halogens is 1. The second-order valence-corrected chi connectivity index (χ2v) is 6.73. The van der Waals surface area contributed by atoms with Gasteiger partial charge in [-0.15, -0.1) is 0 Å². The molecule has 0 aliphatic rings. The molecule has 0 aliphatic heterocycles. The van der Waals surface area contributed by atoms with E-state index in [4.69, 9.17) is 4.42 Å². The summed E-state index contributed by atoms with van der Waals surface area (Å²) in [5.74, 6) is 0.357. The van der Waals surface area contributed by atoms with Crippen LogP contribution in [0.3, 0.4) is 0 Å². The molecule has 2 rings (SSSR count). The normalized spacial score (nSPS) is 11.8. The van der Waals surface area contributed by atoms with Gasteiger partial charge in [0.25, 0.3) is 5.91 Å². The quantitative estimate of drug-likeness (QED) is 0.486. The molecular formula is C16H17IN2O2. The fraction of sp³-hybridized carbons (Fsp3) is 0.250. The van der Waals surface area contributed by atoms with Crippen molar-refractivity contribution in [2.45, 2.75) is 26.2 Å². The van der Waals surface area contributed by atoms with Crippen molar-refractivity contribution in [1.82, 2.24) is 5.43 Å². The van der Waals surface area contributed by atoms with Gasteiger partial charge in [-0.05, 0) is 57.8 Å². The van der Waals surface area contributed by atoms with Gasteiger partial charge in [-0.25, -0.2) is 5.43 Å². The molecule has 1 aromatic carbocycles. The lowest BCUT2D eigenvalue weighted by atomic mass is 9.87. The molecule has 0 saturated heterocycles. The molecule has 0 radical (unpaired) electrons. The van der Waals surface area contributed by atoms with E-state index in [0.29, 0.717) is 11.3 Å². The van der Waals surface area contributed by atoms with Gasteiger partial charge < -0.3 is 4.42 Å². The summed E-state index contributed by atoms with van der Waals surface area (Å²) in [5, 5.41) is 3.88. The van der Waals surface area contributed by atoms with E-state index in [2.05, 4.69) is 53.9 Å². The van der Waals surface area contributed by atoms with E-state index in [-0.39, 0.29) is 11.3 Å². The van der Waals surface area contributed by atoms with Crippen LogP contribution in [0.1, 0.15) is 42.5 Å². The number of amides is 1. The van der Waals surface area contributed by atoms with Crippen molar-refractivity contribution in [3.8, 4) is 0 Å². The molecule has 1 aromatic heterocycles. The Morgan fingerprint density at radius 2 is 1.86 bits per heavy atom. The summed E-state index contributed by atoms with van der Waals surface area (Å²) >= 11 is 2.07. The van der Waals surface area contributed by atoms with Crippen molar-refractivity contribution in [3.05, 3.63) is 57.1 Å². The van der Waals surface area contributed by atoms with Gasteiger partial charge in [-0.1, -0.05) is 32.9 Å². The highest BCUT2D eigenvalue weighted by atomic mass is 127. The molecular weight excluding hydrogens is 379 g/mol. The van der Waals surface area contributed by atoms with E-state index in [1.807, 2.05) is 18.2 Å². The fourth-order valence-corrected chi connectivity index (χ4v) is 2.17. The smallest absolute Gasteiger partial charge is 0.271 e. The van der Waals surface area contributed by atoms with Crippen LogP contribution in [0.5, 0.6) is 0 Å². The van der Waals surface area contributed by atoms with Crippen molar-refractivity contribution in [3.63, 3.8) is 0 Å². The van der Waals surface area contributed by atoms with Crippen LogP contribution in [-0.4, -0.2) is 12.1 Å². The van der Waals surface area contributed by atoms with Crippen LogP contribution in [0.15, 0.2) is 45.9 Å². The van der Waals surface area contributed by atoms with Gasteiger partial charge >= 0.3 is 0 Å². The lowest BCUT2D eigenvalue weighted by Crippen LogP contribution is -2.18.